The highest BCUT2D eigenvalue weighted by Crippen LogP contribution is 2.06. The molecule has 0 bridgehead atoms. The van der Waals surface area contributed by atoms with Crippen molar-refractivity contribution in [3.05, 3.63) is 40.7 Å². The molecule has 0 spiro atoms. The van der Waals surface area contributed by atoms with E-state index in [9.17, 15) is 4.79 Å². The van der Waals surface area contributed by atoms with Crippen LogP contribution in [0.4, 0.5) is 0 Å². The average Bonchev–Trinajstić information content (AvgIpc) is 2.23. The van der Waals surface area contributed by atoms with E-state index in [1.54, 1.807) is 29.9 Å². The highest BCUT2D eigenvalue weighted by molar-refractivity contribution is 6.58. The summed E-state index contributed by atoms with van der Waals surface area (Å²) in [4.78, 5) is 11.5. The lowest BCUT2D eigenvalue weighted by Crippen LogP contribution is -2.30. The highest BCUT2D eigenvalue weighted by atomic mass is 16.4. The Balaban J connectivity index is 2.81. The first-order chi connectivity index (χ1) is 7.09. The monoisotopic (exact) mass is 203 g/mol. The number of fused-ring (bicyclic) bond motifs is 1. The van der Waals surface area contributed by atoms with E-state index in [1.807, 2.05) is 0 Å². The van der Waals surface area contributed by atoms with E-state index in [0.29, 0.717) is 16.4 Å². The van der Waals surface area contributed by atoms with E-state index in [0.717, 1.165) is 0 Å². The molecule has 0 atom stereocenters. The van der Waals surface area contributed by atoms with Crippen LogP contribution in [0.5, 0.6) is 0 Å². The van der Waals surface area contributed by atoms with Crippen molar-refractivity contribution in [1.82, 2.24) is 4.57 Å². The number of hydrogen-bond donors (Lipinski definition) is 2. The third-order valence-corrected chi connectivity index (χ3v) is 2.41. The Bertz CT molecular complexity index is 562. The molecule has 15 heavy (non-hydrogen) atoms. The van der Waals surface area contributed by atoms with Crippen LogP contribution in [0, 0.1) is 0 Å². The minimum Gasteiger partial charge on any atom is -0.423 e. The molecular weight excluding hydrogens is 193 g/mol. The van der Waals surface area contributed by atoms with Gasteiger partial charge in [0, 0.05) is 24.7 Å². The second kappa shape index (κ2) is 3.53. The Kier molecular flexibility index (Phi) is 2.34. The first kappa shape index (κ1) is 9.95. The maximum Gasteiger partial charge on any atom is 0.488 e. The van der Waals surface area contributed by atoms with Gasteiger partial charge in [-0.2, -0.15) is 0 Å². The van der Waals surface area contributed by atoms with Crippen LogP contribution in [0.1, 0.15) is 0 Å². The average molecular weight is 203 g/mol. The lowest BCUT2D eigenvalue weighted by molar-refractivity contribution is 0.426. The van der Waals surface area contributed by atoms with Gasteiger partial charge in [-0.3, -0.25) is 4.79 Å². The van der Waals surface area contributed by atoms with E-state index in [4.69, 9.17) is 10.0 Å². The summed E-state index contributed by atoms with van der Waals surface area (Å²) in [7, 11) is 0.291. The highest BCUT2D eigenvalue weighted by Gasteiger charge is 2.12. The smallest absolute Gasteiger partial charge is 0.423 e. The van der Waals surface area contributed by atoms with E-state index in [2.05, 4.69) is 0 Å². The fourth-order valence-corrected chi connectivity index (χ4v) is 1.56. The lowest BCUT2D eigenvalue weighted by Gasteiger charge is -2.06. The van der Waals surface area contributed by atoms with Gasteiger partial charge in [0.2, 0.25) is 0 Å². The Morgan fingerprint density at radius 2 is 2.00 bits per heavy atom. The fourth-order valence-electron chi connectivity index (χ4n) is 1.56. The lowest BCUT2D eigenvalue weighted by atomic mass is 9.80. The number of rotatable bonds is 1. The maximum absolute atomic E-state index is 11.5. The Labute approximate surface area is 86.6 Å². The summed E-state index contributed by atoms with van der Waals surface area (Å²) >= 11 is 0. The Hall–Kier alpha value is -1.59. The van der Waals surface area contributed by atoms with Crippen molar-refractivity contribution in [2.24, 2.45) is 7.05 Å². The van der Waals surface area contributed by atoms with Crippen molar-refractivity contribution in [1.29, 1.82) is 0 Å². The van der Waals surface area contributed by atoms with Gasteiger partial charge in [0.05, 0.1) is 5.52 Å². The number of nitrogens with zero attached hydrogens (tertiary/aromatic N) is 1. The van der Waals surface area contributed by atoms with Crippen LogP contribution in [0.25, 0.3) is 10.9 Å². The molecule has 1 aromatic heterocycles. The van der Waals surface area contributed by atoms with Gasteiger partial charge >= 0.3 is 7.12 Å². The molecule has 2 aromatic rings. The van der Waals surface area contributed by atoms with E-state index < -0.39 is 7.12 Å². The summed E-state index contributed by atoms with van der Waals surface area (Å²) in [5.41, 5.74) is 0.999. The normalized spacial score (nSPS) is 10.6. The zero-order valence-electron chi connectivity index (χ0n) is 8.21. The predicted molar refractivity (Wildman–Crippen MR) is 59.0 cm³/mol. The van der Waals surface area contributed by atoms with Crippen molar-refractivity contribution in [3.63, 3.8) is 0 Å². The van der Waals surface area contributed by atoms with Crippen LogP contribution >= 0.6 is 0 Å². The molecule has 0 aliphatic carbocycles. The molecule has 5 heteroatoms. The summed E-state index contributed by atoms with van der Waals surface area (Å²) in [5, 5.41) is 18.6. The molecule has 4 nitrogen and oxygen atoms in total. The van der Waals surface area contributed by atoms with Gasteiger partial charge in [-0.25, -0.2) is 0 Å². The number of pyridine rings is 1. The van der Waals surface area contributed by atoms with Gasteiger partial charge < -0.3 is 14.6 Å². The first-order valence-electron chi connectivity index (χ1n) is 4.55. The zero-order valence-corrected chi connectivity index (χ0v) is 8.21. The molecule has 1 heterocycles. The van der Waals surface area contributed by atoms with E-state index >= 15 is 0 Å². The second-order valence-electron chi connectivity index (χ2n) is 3.44. The Morgan fingerprint density at radius 3 is 2.67 bits per heavy atom. The molecule has 1 aromatic carbocycles. The van der Waals surface area contributed by atoms with E-state index in [1.165, 1.54) is 12.1 Å². The molecule has 0 aliphatic rings. The number of hydrogen-bond acceptors (Lipinski definition) is 3. The quantitative estimate of drug-likeness (QED) is 0.597. The number of benzene rings is 1. The van der Waals surface area contributed by atoms with E-state index in [-0.39, 0.29) is 5.43 Å². The van der Waals surface area contributed by atoms with Gasteiger partial charge in [-0.1, -0.05) is 6.07 Å². The van der Waals surface area contributed by atoms with Crippen molar-refractivity contribution < 1.29 is 10.0 Å². The second-order valence-corrected chi connectivity index (χ2v) is 3.44. The molecule has 0 unspecified atom stereocenters. The van der Waals surface area contributed by atoms with Crippen molar-refractivity contribution in [3.8, 4) is 0 Å². The molecule has 2 rings (SSSR count). The molecule has 0 saturated carbocycles. The minimum absolute atomic E-state index is 0.0675. The predicted octanol–water partition coefficient (Wildman–Crippen LogP) is -0.782. The van der Waals surface area contributed by atoms with Crippen LogP contribution in [0.3, 0.4) is 0 Å². The van der Waals surface area contributed by atoms with Crippen molar-refractivity contribution in [2.45, 2.75) is 0 Å². The standard InChI is InChI=1S/C10H10BNO3/c1-12-5-4-10(13)8-3-2-7(11(14)15)6-9(8)12/h2-6,14-15H,1H3. The van der Waals surface area contributed by atoms with Crippen molar-refractivity contribution in [2.75, 3.05) is 0 Å². The fraction of sp³-hybridized carbons (Fsp3) is 0.100. The molecule has 0 amide bonds. The summed E-state index contributed by atoms with van der Waals surface area (Å²) in [6.45, 7) is 0. The summed E-state index contributed by atoms with van der Waals surface area (Å²) in [6.07, 6.45) is 1.65. The molecule has 0 aliphatic heterocycles. The molecular formula is C10H10BNO3. The third-order valence-electron chi connectivity index (χ3n) is 2.41. The molecule has 2 N–H and O–H groups in total. The summed E-state index contributed by atoms with van der Waals surface area (Å²) < 4.78 is 1.77. The molecule has 0 fully saturated rings. The maximum atomic E-state index is 11.5. The topological polar surface area (TPSA) is 62.5 Å². The zero-order chi connectivity index (χ0) is 11.0. The van der Waals surface area contributed by atoms with Gasteiger partial charge in [0.25, 0.3) is 0 Å². The van der Waals surface area contributed by atoms with Gasteiger partial charge in [0.15, 0.2) is 5.43 Å². The SMILES string of the molecule is Cn1ccc(=O)c2ccc(B(O)O)cc21. The van der Waals surface area contributed by atoms with Crippen LogP contribution in [0.2, 0.25) is 0 Å². The van der Waals surface area contributed by atoms with Gasteiger partial charge in [-0.05, 0) is 17.6 Å². The minimum atomic E-state index is -1.51. The summed E-state index contributed by atoms with van der Waals surface area (Å²) in [5.74, 6) is 0. The first-order valence-corrected chi connectivity index (χ1v) is 4.55. The number of aromatic nitrogens is 1. The van der Waals surface area contributed by atoms with Gasteiger partial charge in [0.1, 0.15) is 0 Å². The Morgan fingerprint density at radius 1 is 1.27 bits per heavy atom. The van der Waals surface area contributed by atoms with Crippen molar-refractivity contribution >= 4 is 23.5 Å². The van der Waals surface area contributed by atoms with Gasteiger partial charge in [-0.15, -0.1) is 0 Å². The summed E-state index contributed by atoms with van der Waals surface area (Å²) in [6, 6.07) is 6.22. The van der Waals surface area contributed by atoms with Crippen LogP contribution in [-0.4, -0.2) is 21.7 Å². The number of aryl methyl sites for hydroxylation is 1. The largest absolute Gasteiger partial charge is 0.488 e. The van der Waals surface area contributed by atoms with Crippen LogP contribution in [0.15, 0.2) is 35.3 Å². The molecule has 0 radical (unpaired) electrons. The molecule has 76 valence electrons. The van der Waals surface area contributed by atoms with Crippen LogP contribution < -0.4 is 10.9 Å². The van der Waals surface area contributed by atoms with Crippen LogP contribution in [-0.2, 0) is 7.05 Å². The third kappa shape index (κ3) is 1.67. The molecule has 0 saturated heterocycles.